The number of nitrogens with one attached hydrogen (secondary N) is 1. The van der Waals surface area contributed by atoms with Crippen molar-refractivity contribution in [2.24, 2.45) is 0 Å². The summed E-state index contributed by atoms with van der Waals surface area (Å²) in [5.41, 5.74) is 2.63. The molecule has 0 saturated heterocycles. The molecule has 1 aliphatic carbocycles. The van der Waals surface area contributed by atoms with E-state index in [1.165, 1.54) is 19.3 Å². The molecule has 0 spiro atoms. The van der Waals surface area contributed by atoms with E-state index in [1.54, 1.807) is 6.20 Å². The molecule has 0 atom stereocenters. The summed E-state index contributed by atoms with van der Waals surface area (Å²) in [6.45, 7) is 4.38. The third kappa shape index (κ3) is 4.21. The van der Waals surface area contributed by atoms with Crippen molar-refractivity contribution in [3.8, 4) is 17.1 Å². The van der Waals surface area contributed by atoms with Crippen LogP contribution in [0.25, 0.3) is 11.4 Å². The molecule has 1 aliphatic rings. The molecule has 3 rings (SSSR count). The van der Waals surface area contributed by atoms with E-state index in [-0.39, 0.29) is 5.91 Å². The first kappa shape index (κ1) is 17.5. The highest BCUT2D eigenvalue weighted by Crippen LogP contribution is 2.28. The van der Waals surface area contributed by atoms with Gasteiger partial charge in [0.05, 0.1) is 0 Å². The Morgan fingerprint density at radius 2 is 1.92 bits per heavy atom. The normalized spacial score (nSPS) is 15.3. The van der Waals surface area contributed by atoms with Gasteiger partial charge in [0, 0.05) is 37.0 Å². The molecule has 1 heterocycles. The largest absolute Gasteiger partial charge is 0.507 e. The van der Waals surface area contributed by atoms with E-state index >= 15 is 0 Å². The summed E-state index contributed by atoms with van der Waals surface area (Å²) in [7, 11) is 0. The molecule has 5 nitrogen and oxygen atoms in total. The minimum absolute atomic E-state index is 0.115. The molecule has 25 heavy (non-hydrogen) atoms. The Kier molecular flexibility index (Phi) is 5.41. The third-order valence-electron chi connectivity index (χ3n) is 5.01. The number of hydrogen-bond acceptors (Lipinski definition) is 3. The lowest BCUT2D eigenvalue weighted by molar-refractivity contribution is -0.122. The smallest absolute Gasteiger partial charge is 0.222 e. The van der Waals surface area contributed by atoms with Crippen molar-refractivity contribution in [2.75, 3.05) is 0 Å². The number of aromatic nitrogens is 2. The molecule has 1 fully saturated rings. The van der Waals surface area contributed by atoms with Gasteiger partial charge in [0.1, 0.15) is 11.6 Å². The minimum atomic E-state index is 0.115. The molecule has 0 bridgehead atoms. The van der Waals surface area contributed by atoms with Crippen LogP contribution >= 0.6 is 0 Å². The average Bonchev–Trinajstić information content (AvgIpc) is 3.07. The summed E-state index contributed by atoms with van der Waals surface area (Å²) in [4.78, 5) is 16.7. The number of rotatable bonds is 5. The first-order chi connectivity index (χ1) is 12.0. The van der Waals surface area contributed by atoms with Crippen LogP contribution in [0.1, 0.15) is 49.7 Å². The Hall–Kier alpha value is -2.30. The number of hydrogen-bond donors (Lipinski definition) is 2. The van der Waals surface area contributed by atoms with Crippen LogP contribution in [-0.2, 0) is 11.3 Å². The molecule has 5 heteroatoms. The number of aryl methyl sites for hydroxylation is 3. The maximum absolute atomic E-state index is 12.2. The molecule has 0 unspecified atom stereocenters. The molecular weight excluding hydrogens is 314 g/mol. The molecular formula is C20H27N3O2. The fourth-order valence-electron chi connectivity index (χ4n) is 3.60. The van der Waals surface area contributed by atoms with Crippen molar-refractivity contribution in [3.05, 3.63) is 35.7 Å². The summed E-state index contributed by atoms with van der Waals surface area (Å²) in [6, 6.07) is 4.22. The molecule has 0 radical (unpaired) electrons. The highest BCUT2D eigenvalue weighted by molar-refractivity contribution is 5.76. The zero-order chi connectivity index (χ0) is 17.8. The second-order valence-electron chi connectivity index (χ2n) is 7.06. The molecule has 2 N–H and O–H groups in total. The highest BCUT2D eigenvalue weighted by atomic mass is 16.3. The molecule has 1 aromatic heterocycles. The van der Waals surface area contributed by atoms with Crippen LogP contribution in [-0.4, -0.2) is 26.6 Å². The van der Waals surface area contributed by atoms with Crippen LogP contribution in [0.15, 0.2) is 24.5 Å². The van der Waals surface area contributed by atoms with Crippen LogP contribution in [0, 0.1) is 13.8 Å². The van der Waals surface area contributed by atoms with Crippen LogP contribution in [0.4, 0.5) is 0 Å². The maximum atomic E-state index is 12.2. The van der Waals surface area contributed by atoms with Gasteiger partial charge in [0.15, 0.2) is 0 Å². The molecule has 0 aliphatic heterocycles. The van der Waals surface area contributed by atoms with Crippen LogP contribution in [0.5, 0.6) is 5.75 Å². The third-order valence-corrected chi connectivity index (χ3v) is 5.01. The summed E-state index contributed by atoms with van der Waals surface area (Å²) >= 11 is 0. The van der Waals surface area contributed by atoms with Gasteiger partial charge in [-0.2, -0.15) is 0 Å². The molecule has 2 aromatic rings. The van der Waals surface area contributed by atoms with E-state index in [2.05, 4.69) is 10.3 Å². The summed E-state index contributed by atoms with van der Waals surface area (Å²) in [6.07, 6.45) is 10.0. The number of imidazole rings is 1. The van der Waals surface area contributed by atoms with Gasteiger partial charge in [-0.15, -0.1) is 0 Å². The van der Waals surface area contributed by atoms with Crippen molar-refractivity contribution < 1.29 is 9.90 Å². The number of nitrogens with zero attached hydrogens (tertiary/aromatic N) is 2. The fraction of sp³-hybridized carbons (Fsp3) is 0.500. The molecule has 134 valence electrons. The van der Waals surface area contributed by atoms with Gasteiger partial charge in [-0.05, 0) is 49.9 Å². The van der Waals surface area contributed by atoms with Crippen molar-refractivity contribution >= 4 is 5.91 Å². The average molecular weight is 341 g/mol. The van der Waals surface area contributed by atoms with Crippen LogP contribution < -0.4 is 5.32 Å². The summed E-state index contributed by atoms with van der Waals surface area (Å²) in [5, 5.41) is 13.1. The Balaban J connectivity index is 1.65. The Labute approximate surface area is 149 Å². The Bertz CT molecular complexity index is 722. The first-order valence-corrected chi connectivity index (χ1v) is 9.15. The lowest BCUT2D eigenvalue weighted by atomic mass is 9.95. The van der Waals surface area contributed by atoms with Gasteiger partial charge in [-0.25, -0.2) is 4.98 Å². The number of phenolic OH excluding ortho intramolecular Hbond substituents is 1. The van der Waals surface area contributed by atoms with E-state index in [9.17, 15) is 9.90 Å². The second kappa shape index (κ2) is 7.72. The van der Waals surface area contributed by atoms with Gasteiger partial charge < -0.3 is 15.0 Å². The number of benzene rings is 1. The molecule has 1 saturated carbocycles. The quantitative estimate of drug-likeness (QED) is 0.871. The van der Waals surface area contributed by atoms with E-state index in [1.807, 2.05) is 36.7 Å². The van der Waals surface area contributed by atoms with Gasteiger partial charge in [-0.1, -0.05) is 19.3 Å². The highest BCUT2D eigenvalue weighted by Gasteiger charge is 2.16. The monoisotopic (exact) mass is 341 g/mol. The number of phenols is 1. The minimum Gasteiger partial charge on any atom is -0.507 e. The van der Waals surface area contributed by atoms with Crippen molar-refractivity contribution in [3.63, 3.8) is 0 Å². The maximum Gasteiger partial charge on any atom is 0.222 e. The predicted octanol–water partition coefficient (Wildman–Crippen LogP) is 3.71. The van der Waals surface area contributed by atoms with Gasteiger partial charge in [0.2, 0.25) is 5.91 Å². The van der Waals surface area contributed by atoms with Gasteiger partial charge >= 0.3 is 0 Å². The van der Waals surface area contributed by atoms with Gasteiger partial charge in [-0.3, -0.25) is 4.79 Å². The number of amides is 1. The van der Waals surface area contributed by atoms with Gasteiger partial charge in [0.25, 0.3) is 0 Å². The van der Waals surface area contributed by atoms with Crippen molar-refractivity contribution in [1.29, 1.82) is 0 Å². The Morgan fingerprint density at radius 1 is 1.24 bits per heavy atom. The lowest BCUT2D eigenvalue weighted by Crippen LogP contribution is -2.36. The first-order valence-electron chi connectivity index (χ1n) is 9.15. The lowest BCUT2D eigenvalue weighted by Gasteiger charge is -2.22. The molecule has 1 aromatic carbocycles. The summed E-state index contributed by atoms with van der Waals surface area (Å²) < 4.78 is 2.01. The zero-order valence-corrected chi connectivity index (χ0v) is 15.1. The number of aromatic hydroxyl groups is 1. The Morgan fingerprint density at radius 3 is 2.60 bits per heavy atom. The number of carbonyl (C=O) groups excluding carboxylic acids is 1. The van der Waals surface area contributed by atoms with Crippen molar-refractivity contribution in [2.45, 2.75) is 65.0 Å². The SMILES string of the molecule is Cc1cc(-c2nccn2CCC(=O)NC2CCCCC2)cc(C)c1O. The predicted molar refractivity (Wildman–Crippen MR) is 98.4 cm³/mol. The van der Waals surface area contributed by atoms with E-state index in [0.717, 1.165) is 35.4 Å². The van der Waals surface area contributed by atoms with E-state index < -0.39 is 0 Å². The fourth-order valence-corrected chi connectivity index (χ4v) is 3.60. The molecule has 1 amide bonds. The van der Waals surface area contributed by atoms with Crippen LogP contribution in [0.3, 0.4) is 0 Å². The van der Waals surface area contributed by atoms with E-state index in [4.69, 9.17) is 0 Å². The zero-order valence-electron chi connectivity index (χ0n) is 15.1. The summed E-state index contributed by atoms with van der Waals surface area (Å²) in [5.74, 6) is 1.27. The van der Waals surface area contributed by atoms with E-state index in [0.29, 0.717) is 24.8 Å². The number of carbonyl (C=O) groups is 1. The topological polar surface area (TPSA) is 67.2 Å². The van der Waals surface area contributed by atoms with Crippen LogP contribution in [0.2, 0.25) is 0 Å². The van der Waals surface area contributed by atoms with Crippen molar-refractivity contribution in [1.82, 2.24) is 14.9 Å². The standard InChI is InChI=1S/C20H27N3O2/c1-14-12-16(13-15(2)19(14)25)20-21-9-11-23(20)10-8-18(24)22-17-6-4-3-5-7-17/h9,11-13,17,25H,3-8,10H2,1-2H3,(H,22,24). The second-order valence-corrected chi connectivity index (χ2v) is 7.06.